The van der Waals surface area contributed by atoms with Gasteiger partial charge in [-0.15, -0.1) is 11.8 Å². The van der Waals surface area contributed by atoms with Crippen LogP contribution >= 0.6 is 11.8 Å². The van der Waals surface area contributed by atoms with Crippen molar-refractivity contribution in [3.63, 3.8) is 0 Å². The molecule has 1 aromatic carbocycles. The zero-order valence-electron chi connectivity index (χ0n) is 10.8. The van der Waals surface area contributed by atoms with E-state index in [-0.39, 0.29) is 23.2 Å². The SMILES string of the molecule is O=C(CC(=O)C1CC=CS1)c1ccc2c(c1)OCCO2. The lowest BCUT2D eigenvalue weighted by Gasteiger charge is -2.18. The lowest BCUT2D eigenvalue weighted by molar-refractivity contribution is -0.117. The summed E-state index contributed by atoms with van der Waals surface area (Å²) in [5.74, 6) is 1.04. The lowest BCUT2D eigenvalue weighted by atomic mass is 10.0. The van der Waals surface area contributed by atoms with Crippen LogP contribution in [0, 0.1) is 0 Å². The Balaban J connectivity index is 1.69. The fraction of sp³-hybridized carbons (Fsp3) is 0.333. The second kappa shape index (κ2) is 5.71. The van der Waals surface area contributed by atoms with Gasteiger partial charge in [-0.3, -0.25) is 9.59 Å². The molecule has 4 nitrogen and oxygen atoms in total. The van der Waals surface area contributed by atoms with Crippen LogP contribution < -0.4 is 9.47 Å². The molecule has 0 fully saturated rings. The van der Waals surface area contributed by atoms with Gasteiger partial charge in [-0.1, -0.05) is 6.08 Å². The molecule has 20 heavy (non-hydrogen) atoms. The molecule has 3 rings (SSSR count). The number of rotatable bonds is 4. The summed E-state index contributed by atoms with van der Waals surface area (Å²) in [4.78, 5) is 24.1. The summed E-state index contributed by atoms with van der Waals surface area (Å²) in [6.07, 6.45) is 2.62. The van der Waals surface area contributed by atoms with Crippen molar-refractivity contribution in [2.24, 2.45) is 0 Å². The minimum absolute atomic E-state index is 0.0140. The summed E-state index contributed by atoms with van der Waals surface area (Å²) in [6.45, 7) is 0.999. The van der Waals surface area contributed by atoms with Crippen LogP contribution in [-0.2, 0) is 4.79 Å². The van der Waals surface area contributed by atoms with Crippen molar-refractivity contribution in [1.29, 1.82) is 0 Å². The van der Waals surface area contributed by atoms with Gasteiger partial charge >= 0.3 is 0 Å². The molecule has 0 N–H and O–H groups in total. The van der Waals surface area contributed by atoms with Crippen molar-refractivity contribution in [3.8, 4) is 11.5 Å². The van der Waals surface area contributed by atoms with Gasteiger partial charge in [0.25, 0.3) is 0 Å². The highest BCUT2D eigenvalue weighted by molar-refractivity contribution is 8.03. The van der Waals surface area contributed by atoms with Crippen LogP contribution in [0.2, 0.25) is 0 Å². The first kappa shape index (κ1) is 13.2. The Labute approximate surface area is 121 Å². The van der Waals surface area contributed by atoms with Gasteiger partial charge < -0.3 is 9.47 Å². The van der Waals surface area contributed by atoms with Gasteiger partial charge in [-0.25, -0.2) is 0 Å². The smallest absolute Gasteiger partial charge is 0.170 e. The molecule has 2 aliphatic rings. The monoisotopic (exact) mass is 290 g/mol. The first-order chi connectivity index (χ1) is 9.74. The molecule has 0 bridgehead atoms. The quantitative estimate of drug-likeness (QED) is 0.630. The number of hydrogen-bond acceptors (Lipinski definition) is 5. The largest absolute Gasteiger partial charge is 0.486 e. The maximum atomic E-state index is 12.2. The zero-order valence-corrected chi connectivity index (χ0v) is 11.7. The van der Waals surface area contributed by atoms with Crippen LogP contribution in [0.15, 0.2) is 29.7 Å². The Morgan fingerprint density at radius 2 is 2.00 bits per heavy atom. The molecule has 104 valence electrons. The Morgan fingerprint density at radius 1 is 1.20 bits per heavy atom. The molecule has 0 radical (unpaired) electrons. The Kier molecular flexibility index (Phi) is 3.78. The summed E-state index contributed by atoms with van der Waals surface area (Å²) < 4.78 is 10.8. The van der Waals surface area contributed by atoms with E-state index >= 15 is 0 Å². The number of hydrogen-bond donors (Lipinski definition) is 0. The summed E-state index contributed by atoms with van der Waals surface area (Å²) in [6, 6.07) is 5.06. The van der Waals surface area contributed by atoms with Gasteiger partial charge in [0.15, 0.2) is 23.1 Å². The molecular formula is C15H14O4S. The topological polar surface area (TPSA) is 52.6 Å². The second-order valence-electron chi connectivity index (χ2n) is 4.66. The molecule has 2 heterocycles. The number of Topliss-reactive ketones (excluding diaryl/α,β-unsaturated/α-hetero) is 2. The molecule has 1 aromatic rings. The summed E-state index contributed by atoms with van der Waals surface area (Å²) in [5.41, 5.74) is 0.499. The van der Waals surface area contributed by atoms with Crippen LogP contribution in [-0.4, -0.2) is 30.0 Å². The minimum atomic E-state index is -0.167. The number of allylic oxidation sites excluding steroid dienone is 1. The van der Waals surface area contributed by atoms with Crippen molar-refractivity contribution in [1.82, 2.24) is 0 Å². The van der Waals surface area contributed by atoms with Gasteiger partial charge in [0.05, 0.1) is 11.7 Å². The van der Waals surface area contributed by atoms with E-state index in [4.69, 9.17) is 9.47 Å². The van der Waals surface area contributed by atoms with Crippen LogP contribution in [0.5, 0.6) is 11.5 Å². The maximum absolute atomic E-state index is 12.2. The van der Waals surface area contributed by atoms with Crippen molar-refractivity contribution in [2.75, 3.05) is 13.2 Å². The molecule has 1 unspecified atom stereocenters. The van der Waals surface area contributed by atoms with Gasteiger partial charge in [-0.2, -0.15) is 0 Å². The molecule has 0 saturated heterocycles. The molecule has 2 aliphatic heterocycles. The summed E-state index contributed by atoms with van der Waals surface area (Å²) in [7, 11) is 0. The number of carbonyl (C=O) groups is 2. The lowest BCUT2D eigenvalue weighted by Crippen LogP contribution is -2.19. The molecule has 0 saturated carbocycles. The average Bonchev–Trinajstić information content (AvgIpc) is 3.01. The number of fused-ring (bicyclic) bond motifs is 1. The van der Waals surface area contributed by atoms with Gasteiger partial charge in [0.1, 0.15) is 13.2 Å². The van der Waals surface area contributed by atoms with Crippen LogP contribution in [0.25, 0.3) is 0 Å². The highest BCUT2D eigenvalue weighted by atomic mass is 32.2. The van der Waals surface area contributed by atoms with E-state index in [1.54, 1.807) is 18.2 Å². The third-order valence-corrected chi connectivity index (χ3v) is 4.38. The highest BCUT2D eigenvalue weighted by Gasteiger charge is 2.23. The Bertz CT molecular complexity index is 571. The van der Waals surface area contributed by atoms with Crippen LogP contribution in [0.3, 0.4) is 0 Å². The van der Waals surface area contributed by atoms with Crippen LogP contribution in [0.1, 0.15) is 23.2 Å². The van der Waals surface area contributed by atoms with Crippen molar-refractivity contribution < 1.29 is 19.1 Å². The molecule has 0 amide bonds. The second-order valence-corrected chi connectivity index (χ2v) is 5.77. The zero-order chi connectivity index (χ0) is 13.9. The highest BCUT2D eigenvalue weighted by Crippen LogP contribution is 2.31. The number of ether oxygens (including phenoxy) is 2. The van der Waals surface area contributed by atoms with Crippen molar-refractivity contribution >= 4 is 23.3 Å². The fourth-order valence-corrected chi connectivity index (χ4v) is 3.05. The number of benzene rings is 1. The molecule has 0 aliphatic carbocycles. The molecule has 1 atom stereocenters. The first-order valence-electron chi connectivity index (χ1n) is 6.50. The first-order valence-corrected chi connectivity index (χ1v) is 7.44. The van der Waals surface area contributed by atoms with Gasteiger partial charge in [-0.05, 0) is 30.0 Å². The van der Waals surface area contributed by atoms with E-state index in [1.165, 1.54) is 11.8 Å². The molecule has 0 spiro atoms. The Hall–Kier alpha value is -1.75. The third-order valence-electron chi connectivity index (χ3n) is 3.25. The van der Waals surface area contributed by atoms with E-state index in [0.29, 0.717) is 30.3 Å². The minimum Gasteiger partial charge on any atom is -0.486 e. The number of carbonyl (C=O) groups excluding carboxylic acids is 2. The number of ketones is 2. The molecule has 0 aromatic heterocycles. The van der Waals surface area contributed by atoms with Gasteiger partial charge in [0, 0.05) is 5.56 Å². The average molecular weight is 290 g/mol. The third kappa shape index (κ3) is 2.72. The normalized spacial score (nSPS) is 19.9. The van der Waals surface area contributed by atoms with Crippen molar-refractivity contribution in [3.05, 3.63) is 35.2 Å². The van der Waals surface area contributed by atoms with E-state index in [1.807, 2.05) is 11.5 Å². The summed E-state index contributed by atoms with van der Waals surface area (Å²) >= 11 is 1.48. The number of thioether (sulfide) groups is 1. The van der Waals surface area contributed by atoms with Crippen LogP contribution in [0.4, 0.5) is 0 Å². The van der Waals surface area contributed by atoms with E-state index in [2.05, 4.69) is 0 Å². The van der Waals surface area contributed by atoms with Crippen molar-refractivity contribution in [2.45, 2.75) is 18.1 Å². The van der Waals surface area contributed by atoms with Gasteiger partial charge in [0.2, 0.25) is 0 Å². The van der Waals surface area contributed by atoms with E-state index < -0.39 is 0 Å². The predicted molar refractivity (Wildman–Crippen MR) is 76.5 cm³/mol. The summed E-state index contributed by atoms with van der Waals surface area (Å²) in [5, 5.41) is 1.81. The fourth-order valence-electron chi connectivity index (χ4n) is 2.18. The maximum Gasteiger partial charge on any atom is 0.170 e. The molecule has 5 heteroatoms. The van der Waals surface area contributed by atoms with E-state index in [9.17, 15) is 9.59 Å². The van der Waals surface area contributed by atoms with E-state index in [0.717, 1.165) is 6.42 Å². The Morgan fingerprint density at radius 3 is 2.75 bits per heavy atom. The predicted octanol–water partition coefficient (Wildman–Crippen LogP) is 2.62. The standard InChI is InChI=1S/C15H14O4S/c16-11(9-12(17)15-2-1-7-20-15)10-3-4-13-14(8-10)19-6-5-18-13/h1,3-4,7-8,15H,2,5-6,9H2. The molecular weight excluding hydrogens is 276 g/mol.